The van der Waals surface area contributed by atoms with Crippen LogP contribution in [-0.4, -0.2) is 151 Å². The van der Waals surface area contributed by atoms with Gasteiger partial charge in [0.05, 0.1) is 37.2 Å². The van der Waals surface area contributed by atoms with Crippen molar-refractivity contribution in [1.82, 2.24) is 56.8 Å². The lowest BCUT2D eigenvalue weighted by Gasteiger charge is -2.33. The van der Waals surface area contributed by atoms with Crippen molar-refractivity contribution in [1.29, 1.82) is 0 Å². The minimum atomic E-state index is -1.77. The number of nitrogens with one attached hydrogen (secondary N) is 7. The summed E-state index contributed by atoms with van der Waals surface area (Å²) in [4.78, 5) is 137. The second kappa shape index (κ2) is 26.1. The highest BCUT2D eigenvalue weighted by Gasteiger charge is 2.46. The van der Waals surface area contributed by atoms with E-state index < -0.39 is 133 Å². The molecule has 0 unspecified atom stereocenters. The molecule has 1 saturated carbocycles. The van der Waals surface area contributed by atoms with Crippen LogP contribution in [0.3, 0.4) is 0 Å². The van der Waals surface area contributed by atoms with Gasteiger partial charge in [0.25, 0.3) is 0 Å². The number of carbonyl (C=O) groups excluding carboxylic acids is 10. The first kappa shape index (κ1) is 56.2. The highest BCUT2D eigenvalue weighted by molar-refractivity contribution is 5.99. The van der Waals surface area contributed by atoms with E-state index in [1.165, 1.54) is 4.90 Å². The Morgan fingerprint density at radius 3 is 2.05 bits per heavy atom. The Kier molecular flexibility index (Phi) is 20.1. The van der Waals surface area contributed by atoms with Crippen LogP contribution in [0.25, 0.3) is 10.9 Å². The van der Waals surface area contributed by atoms with E-state index in [0.29, 0.717) is 5.56 Å². The zero-order valence-electron chi connectivity index (χ0n) is 40.8. The molecule has 0 radical (unpaired) electrons. The molecule has 1 aliphatic carbocycles. The zero-order valence-corrected chi connectivity index (χ0v) is 40.8. The van der Waals surface area contributed by atoms with Crippen LogP contribution in [0, 0.1) is 5.92 Å². The lowest BCUT2D eigenvalue weighted by Crippen LogP contribution is -2.61. The highest BCUT2D eigenvalue weighted by Crippen LogP contribution is 2.35. The standard InChI is InChI=1S/C46H68N16O11/c1-3-23(2)38(58-43(70)32(18-37(49)65)55-42(69)31(17-36(48)64)54-40(67)28(47)12-8-14-52-46(51)73)45(72)61-20-26(62-21-33(59-60-62)24-9-4-5-10-24)16-35(61)44(71)56-30(41(68)57-34(22-63)39(50)66)15-25-19-53-29-13-7-6-11-27(25)29/h6-7,11,13,19,21,23-24,26,28,30-32,34-35,38,53,63H,3-5,8-10,12,14-18,20,22,47H2,1-2H3,(H2,48,64)(H2,49,65)(H2,50,66)(H,54,67)(H,55,69)(H,56,71)(H,57,68)(H,58,70)(H3,51,52,73)/t23-,26+,28+,30+,31+,32+,34+,35+,38-/m1/s1. The first-order valence-electron chi connectivity index (χ1n) is 24.3. The van der Waals surface area contributed by atoms with Crippen molar-refractivity contribution in [2.75, 3.05) is 19.7 Å². The van der Waals surface area contributed by atoms with Crippen molar-refractivity contribution in [3.63, 3.8) is 0 Å². The fraction of sp³-hybridized carbons (Fsp3) is 0.565. The molecule has 5 rings (SSSR count). The third kappa shape index (κ3) is 15.4. The average molecular weight is 1020 g/mol. The number of H-pyrrole nitrogens is 1. The van der Waals surface area contributed by atoms with E-state index in [1.54, 1.807) is 37.0 Å². The normalized spacial score (nSPS) is 18.5. The van der Waals surface area contributed by atoms with Gasteiger partial charge in [-0.15, -0.1) is 5.10 Å². The average Bonchev–Trinajstić information content (AvgIpc) is 4.20. The number of aromatic amines is 1. The van der Waals surface area contributed by atoms with E-state index in [2.05, 4.69) is 47.2 Å². The molecule has 2 fully saturated rings. The van der Waals surface area contributed by atoms with Crippen LogP contribution in [0.5, 0.6) is 0 Å². The van der Waals surface area contributed by atoms with E-state index >= 15 is 4.79 Å². The second-order valence-electron chi connectivity index (χ2n) is 18.6. The number of nitrogens with two attached hydrogens (primary N) is 5. The molecule has 1 saturated heterocycles. The summed E-state index contributed by atoms with van der Waals surface area (Å²) in [5.41, 5.74) is 29.5. The number of hydrogen-bond acceptors (Lipinski definition) is 14. The quantitative estimate of drug-likeness (QED) is 0.0327. The van der Waals surface area contributed by atoms with E-state index in [9.17, 15) is 48.3 Å². The summed E-state index contributed by atoms with van der Waals surface area (Å²) in [6.45, 7) is 2.54. The number of benzene rings is 1. The summed E-state index contributed by atoms with van der Waals surface area (Å²) in [7, 11) is 0. The Bertz CT molecular complexity index is 2490. The molecule has 1 aliphatic heterocycles. The fourth-order valence-electron chi connectivity index (χ4n) is 9.00. The molecule has 27 nitrogen and oxygen atoms in total. The zero-order chi connectivity index (χ0) is 53.5. The van der Waals surface area contributed by atoms with Crippen molar-refractivity contribution in [3.05, 3.63) is 47.9 Å². The Labute approximate surface area is 419 Å². The first-order valence-corrected chi connectivity index (χ1v) is 24.3. The molecule has 11 amide bonds. The number of primary amides is 4. The number of aliphatic hydroxyl groups excluding tert-OH is 1. The SMILES string of the molecule is CC[C@@H](C)[C@@H](NC(=O)[C@H](CC(N)=O)NC(=O)[C@H](CC(N)=O)NC(=O)[C@@H](N)CCCNC(N)=O)C(=O)N1C[C@@H](n2cc(C3CCCC3)nn2)C[C@H]1C(=O)N[C@@H](Cc1c[nH]c2ccccc12)C(=O)N[C@@H](CO)C(N)=O. The largest absolute Gasteiger partial charge is 0.394 e. The van der Waals surface area contributed by atoms with Crippen molar-refractivity contribution in [2.24, 2.45) is 34.6 Å². The van der Waals surface area contributed by atoms with Crippen LogP contribution in [0.4, 0.5) is 4.79 Å². The molecular weight excluding hydrogens is 953 g/mol. The van der Waals surface area contributed by atoms with Gasteiger partial charge in [0, 0.05) is 55.1 Å². The third-order valence-corrected chi connectivity index (χ3v) is 13.3. The van der Waals surface area contributed by atoms with Crippen LogP contribution < -0.4 is 60.6 Å². The number of carbonyl (C=O) groups is 10. The molecule has 18 N–H and O–H groups in total. The maximum absolute atomic E-state index is 15.1. The summed E-state index contributed by atoms with van der Waals surface area (Å²) in [6, 6.07) is -4.47. The molecule has 2 aliphatic rings. The van der Waals surface area contributed by atoms with E-state index in [4.69, 9.17) is 28.7 Å². The minimum absolute atomic E-state index is 0.0261. The predicted octanol–water partition coefficient (Wildman–Crippen LogP) is -3.72. The van der Waals surface area contributed by atoms with Crippen LogP contribution in [0.15, 0.2) is 36.7 Å². The van der Waals surface area contributed by atoms with Gasteiger partial charge < -0.3 is 75.6 Å². The molecule has 9 atom stereocenters. The van der Waals surface area contributed by atoms with Gasteiger partial charge in [-0.2, -0.15) is 0 Å². The topological polar surface area (TPSA) is 443 Å². The first-order chi connectivity index (χ1) is 34.7. The molecule has 2 aromatic heterocycles. The molecule has 3 heterocycles. The number of nitrogens with zero attached hydrogens (tertiary/aromatic N) is 4. The van der Waals surface area contributed by atoms with Crippen molar-refractivity contribution < 1.29 is 53.1 Å². The molecule has 73 heavy (non-hydrogen) atoms. The van der Waals surface area contributed by atoms with Crippen molar-refractivity contribution >= 4 is 70.1 Å². The molecule has 1 aromatic carbocycles. The number of amides is 11. The van der Waals surface area contributed by atoms with E-state index in [-0.39, 0.29) is 51.1 Å². The number of para-hydroxylation sites is 1. The van der Waals surface area contributed by atoms with Crippen molar-refractivity contribution in [3.8, 4) is 0 Å². The number of fused-ring (bicyclic) bond motifs is 1. The number of urea groups is 1. The summed E-state index contributed by atoms with van der Waals surface area (Å²) in [5.74, 6) is -9.04. The van der Waals surface area contributed by atoms with Crippen LogP contribution in [0.2, 0.25) is 0 Å². The van der Waals surface area contributed by atoms with Gasteiger partial charge in [0.15, 0.2) is 0 Å². The Morgan fingerprint density at radius 2 is 1.44 bits per heavy atom. The molecule has 398 valence electrons. The lowest BCUT2D eigenvalue weighted by atomic mass is 9.96. The number of likely N-dealkylation sites (tertiary alicyclic amines) is 1. The number of rotatable bonds is 27. The van der Waals surface area contributed by atoms with Gasteiger partial charge in [0.2, 0.25) is 53.2 Å². The van der Waals surface area contributed by atoms with E-state index in [0.717, 1.165) is 42.3 Å². The van der Waals surface area contributed by atoms with E-state index in [1.807, 2.05) is 18.2 Å². The second-order valence-corrected chi connectivity index (χ2v) is 18.6. The summed E-state index contributed by atoms with van der Waals surface area (Å²) >= 11 is 0. The van der Waals surface area contributed by atoms with Crippen molar-refractivity contribution in [2.45, 2.75) is 139 Å². The van der Waals surface area contributed by atoms with Gasteiger partial charge in [-0.3, -0.25) is 43.2 Å². The lowest BCUT2D eigenvalue weighted by molar-refractivity contribution is -0.144. The highest BCUT2D eigenvalue weighted by atomic mass is 16.3. The Balaban J connectivity index is 1.43. The van der Waals surface area contributed by atoms with Crippen LogP contribution in [0.1, 0.15) is 101 Å². The molecule has 0 bridgehead atoms. The maximum atomic E-state index is 15.1. The van der Waals surface area contributed by atoms with Crippen LogP contribution in [-0.2, 0) is 49.6 Å². The number of aromatic nitrogens is 4. The predicted molar refractivity (Wildman–Crippen MR) is 260 cm³/mol. The van der Waals surface area contributed by atoms with Gasteiger partial charge in [-0.05, 0) is 43.2 Å². The summed E-state index contributed by atoms with van der Waals surface area (Å²) in [5, 5.41) is 34.2. The third-order valence-electron chi connectivity index (χ3n) is 13.3. The minimum Gasteiger partial charge on any atom is -0.394 e. The fourth-order valence-corrected chi connectivity index (χ4v) is 9.00. The maximum Gasteiger partial charge on any atom is 0.312 e. The molecule has 3 aromatic rings. The van der Waals surface area contributed by atoms with Gasteiger partial charge >= 0.3 is 6.03 Å². The molecule has 0 spiro atoms. The van der Waals surface area contributed by atoms with Gasteiger partial charge in [-0.25, -0.2) is 9.48 Å². The number of hydrogen-bond donors (Lipinski definition) is 13. The number of aliphatic hydroxyl groups is 1. The summed E-state index contributed by atoms with van der Waals surface area (Å²) < 4.78 is 1.58. The molecular formula is C46H68N16O11. The monoisotopic (exact) mass is 1020 g/mol. The Morgan fingerprint density at radius 1 is 0.822 bits per heavy atom. The smallest absolute Gasteiger partial charge is 0.312 e. The van der Waals surface area contributed by atoms with Crippen LogP contribution >= 0.6 is 0 Å². The summed E-state index contributed by atoms with van der Waals surface area (Å²) in [6.07, 6.45) is 6.19. The molecule has 27 heteroatoms. The van der Waals surface area contributed by atoms with Gasteiger partial charge in [-0.1, -0.05) is 56.5 Å². The Hall–Kier alpha value is -7.68. The van der Waals surface area contributed by atoms with Gasteiger partial charge in [0.1, 0.15) is 36.3 Å².